The first kappa shape index (κ1) is 25.4. The van der Waals surface area contributed by atoms with Crippen molar-refractivity contribution in [1.82, 2.24) is 14.5 Å². The van der Waals surface area contributed by atoms with E-state index < -0.39 is 23.8 Å². The number of carboxylic acids is 1. The molecule has 0 aliphatic carbocycles. The van der Waals surface area contributed by atoms with Crippen LogP contribution in [-0.2, 0) is 14.3 Å². The number of aryl methyl sites for hydroxylation is 1. The third-order valence-electron chi connectivity index (χ3n) is 6.66. The number of carbonyl (C=O) groups is 2. The molecule has 0 bridgehead atoms. The van der Waals surface area contributed by atoms with Gasteiger partial charge in [-0.3, -0.25) is 19.3 Å². The van der Waals surface area contributed by atoms with Gasteiger partial charge in [0, 0.05) is 34.1 Å². The Morgan fingerprint density at radius 1 is 1.08 bits per heavy atom. The smallest absolute Gasteiger partial charge is 0.336 e. The van der Waals surface area contributed by atoms with Crippen molar-refractivity contribution >= 4 is 46.0 Å². The van der Waals surface area contributed by atoms with Crippen molar-refractivity contribution in [3.05, 3.63) is 94.5 Å². The van der Waals surface area contributed by atoms with Gasteiger partial charge < -0.3 is 9.84 Å². The highest BCUT2D eigenvalue weighted by Crippen LogP contribution is 2.44. The fourth-order valence-electron chi connectivity index (χ4n) is 5.04. The molecular weight excluding hydrogens is 504 g/mol. The number of hydrogen-bond donors (Lipinski definition) is 1. The van der Waals surface area contributed by atoms with Crippen LogP contribution in [0.1, 0.15) is 36.7 Å². The number of aliphatic imine (C=N–C) groups is 1. The first-order valence-electron chi connectivity index (χ1n) is 12.1. The molecule has 8 nitrogen and oxygen atoms in total. The highest BCUT2D eigenvalue weighted by molar-refractivity contribution is 6.31. The summed E-state index contributed by atoms with van der Waals surface area (Å²) in [6.07, 6.45) is 3.44. The van der Waals surface area contributed by atoms with Crippen molar-refractivity contribution < 1.29 is 19.4 Å². The fraction of sp³-hybridized carbons (Fsp3) is 0.207. The Kier molecular flexibility index (Phi) is 6.82. The number of halogens is 1. The van der Waals surface area contributed by atoms with Gasteiger partial charge in [-0.25, -0.2) is 9.78 Å². The Morgan fingerprint density at radius 2 is 1.82 bits per heavy atom. The molecule has 1 N–H and O–H groups in total. The number of aliphatic carboxylic acids is 1. The van der Waals surface area contributed by atoms with E-state index >= 15 is 0 Å². The van der Waals surface area contributed by atoms with Gasteiger partial charge >= 0.3 is 11.9 Å². The number of carboxylic acid groups (broad SMARTS) is 1. The largest absolute Gasteiger partial charge is 0.481 e. The van der Waals surface area contributed by atoms with Crippen LogP contribution in [0.5, 0.6) is 0 Å². The van der Waals surface area contributed by atoms with Crippen LogP contribution in [0.2, 0.25) is 5.02 Å². The number of carbonyl (C=O) groups excluding carboxylic acids is 1. The van der Waals surface area contributed by atoms with E-state index in [1.54, 1.807) is 50.5 Å². The Labute approximate surface area is 224 Å². The van der Waals surface area contributed by atoms with Crippen LogP contribution in [-0.4, -0.2) is 43.9 Å². The minimum Gasteiger partial charge on any atom is -0.481 e. The average molecular weight is 529 g/mol. The minimum absolute atomic E-state index is 0.131. The van der Waals surface area contributed by atoms with Crippen LogP contribution < -0.4 is 0 Å². The minimum atomic E-state index is -1.09. The molecule has 0 radical (unpaired) electrons. The Bertz CT molecular complexity index is 1620. The third-order valence-corrected chi connectivity index (χ3v) is 7.01. The normalized spacial score (nSPS) is 17.4. The van der Waals surface area contributed by atoms with Gasteiger partial charge in [-0.05, 0) is 50.6 Å². The zero-order valence-electron chi connectivity index (χ0n) is 21.1. The molecule has 9 heteroatoms. The van der Waals surface area contributed by atoms with Gasteiger partial charge in [-0.1, -0.05) is 41.9 Å². The summed E-state index contributed by atoms with van der Waals surface area (Å²) in [5.41, 5.74) is 4.68. The van der Waals surface area contributed by atoms with Crippen molar-refractivity contribution in [2.45, 2.75) is 26.7 Å². The topological polar surface area (TPSA) is 107 Å². The molecule has 0 saturated carbocycles. The second-order valence-corrected chi connectivity index (χ2v) is 9.36. The number of pyridine rings is 1. The molecule has 1 aliphatic heterocycles. The maximum atomic E-state index is 13.4. The fourth-order valence-corrected chi connectivity index (χ4v) is 5.30. The summed E-state index contributed by atoms with van der Waals surface area (Å²) in [6.45, 7) is 5.42. The van der Waals surface area contributed by atoms with Crippen LogP contribution in [0.3, 0.4) is 0 Å². The number of ether oxygens (including phenoxy) is 1. The lowest BCUT2D eigenvalue weighted by atomic mass is 9.75. The molecule has 4 aromatic rings. The van der Waals surface area contributed by atoms with E-state index in [0.29, 0.717) is 27.6 Å². The van der Waals surface area contributed by atoms with Crippen LogP contribution in [0.4, 0.5) is 0 Å². The van der Waals surface area contributed by atoms with Gasteiger partial charge in [0.1, 0.15) is 17.3 Å². The summed E-state index contributed by atoms with van der Waals surface area (Å²) in [5.74, 6) is -2.86. The third kappa shape index (κ3) is 4.37. The molecule has 2 unspecified atom stereocenters. The molecular formula is C29H25ClN4O4. The summed E-state index contributed by atoms with van der Waals surface area (Å²) in [5, 5.41) is 10.5. The van der Waals surface area contributed by atoms with Gasteiger partial charge in [0.25, 0.3) is 0 Å². The maximum Gasteiger partial charge on any atom is 0.336 e. The zero-order valence-corrected chi connectivity index (χ0v) is 21.8. The molecule has 3 heterocycles. The van der Waals surface area contributed by atoms with Gasteiger partial charge in [0.05, 0.1) is 29.6 Å². The van der Waals surface area contributed by atoms with Crippen LogP contribution >= 0.6 is 11.6 Å². The molecule has 1 aliphatic rings. The van der Waals surface area contributed by atoms with E-state index in [0.717, 1.165) is 22.5 Å². The zero-order chi connectivity index (χ0) is 27.0. The van der Waals surface area contributed by atoms with Crippen LogP contribution in [0, 0.1) is 12.8 Å². The van der Waals surface area contributed by atoms with Crippen molar-refractivity contribution in [3.63, 3.8) is 0 Å². The van der Waals surface area contributed by atoms with Crippen molar-refractivity contribution in [3.8, 4) is 5.69 Å². The Balaban J connectivity index is 1.69. The quantitative estimate of drug-likeness (QED) is 0.326. The number of hydrogen-bond acceptors (Lipinski definition) is 6. The first-order valence-corrected chi connectivity index (χ1v) is 12.5. The first-order chi connectivity index (χ1) is 18.3. The number of esters is 1. The number of benzene rings is 2. The predicted molar refractivity (Wildman–Crippen MR) is 146 cm³/mol. The van der Waals surface area contributed by atoms with Crippen LogP contribution in [0.25, 0.3) is 22.4 Å². The molecule has 2 aromatic heterocycles. The van der Waals surface area contributed by atoms with E-state index in [1.807, 2.05) is 41.8 Å². The summed E-state index contributed by atoms with van der Waals surface area (Å²) in [7, 11) is 0. The average Bonchev–Trinajstić information content (AvgIpc) is 3.24. The van der Waals surface area contributed by atoms with E-state index in [9.17, 15) is 14.7 Å². The van der Waals surface area contributed by atoms with Crippen molar-refractivity contribution in [2.24, 2.45) is 10.9 Å². The van der Waals surface area contributed by atoms with E-state index in [4.69, 9.17) is 16.3 Å². The highest BCUT2D eigenvalue weighted by Gasteiger charge is 2.43. The Morgan fingerprint density at radius 3 is 2.50 bits per heavy atom. The van der Waals surface area contributed by atoms with Gasteiger partial charge in [0.2, 0.25) is 0 Å². The summed E-state index contributed by atoms with van der Waals surface area (Å²) in [4.78, 5) is 39.2. The van der Waals surface area contributed by atoms with Gasteiger partial charge in [-0.15, -0.1) is 0 Å². The number of aromatic nitrogens is 3. The molecule has 0 saturated heterocycles. The summed E-state index contributed by atoms with van der Waals surface area (Å²) in [6, 6.07) is 16.4. The standard InChI is InChI=1S/C29H25ClN4O4/c1-4-38-29(37)26-25(20-7-5-6-8-21(20)30)24(28(35)36)16(2)32-27(26)18-9-11-19(12-10-18)34-17(3)33-22-15-31-14-13-23(22)34/h5-15,24-25H,4H2,1-3H3,(H,35,36). The van der Waals surface area contributed by atoms with Crippen molar-refractivity contribution in [2.75, 3.05) is 6.61 Å². The van der Waals surface area contributed by atoms with Gasteiger partial charge in [-0.2, -0.15) is 0 Å². The lowest BCUT2D eigenvalue weighted by Gasteiger charge is -2.31. The monoisotopic (exact) mass is 528 g/mol. The van der Waals surface area contributed by atoms with Crippen LogP contribution in [0.15, 0.2) is 77.6 Å². The van der Waals surface area contributed by atoms with E-state index in [1.165, 1.54) is 0 Å². The molecule has 2 atom stereocenters. The second-order valence-electron chi connectivity index (χ2n) is 8.96. The van der Waals surface area contributed by atoms with E-state index in [-0.39, 0.29) is 12.2 Å². The molecule has 5 rings (SSSR count). The molecule has 38 heavy (non-hydrogen) atoms. The molecule has 2 aromatic carbocycles. The van der Waals surface area contributed by atoms with Gasteiger partial charge in [0.15, 0.2) is 0 Å². The lowest BCUT2D eigenvalue weighted by molar-refractivity contribution is -0.140. The van der Waals surface area contributed by atoms with Crippen molar-refractivity contribution in [1.29, 1.82) is 0 Å². The maximum absolute atomic E-state index is 13.4. The number of nitrogens with zero attached hydrogens (tertiary/aromatic N) is 4. The predicted octanol–water partition coefficient (Wildman–Crippen LogP) is 5.62. The molecule has 192 valence electrons. The SMILES string of the molecule is CCOC(=O)C1=C(c2ccc(-n3c(C)nc4cnccc43)cc2)N=C(C)C(C(=O)O)C1c1ccccc1Cl. The lowest BCUT2D eigenvalue weighted by Crippen LogP contribution is -2.35. The van der Waals surface area contributed by atoms with E-state index in [2.05, 4.69) is 15.0 Å². The summed E-state index contributed by atoms with van der Waals surface area (Å²) >= 11 is 6.54. The second kappa shape index (κ2) is 10.2. The number of imidazole rings is 1. The molecule has 0 spiro atoms. The number of fused-ring (bicyclic) bond motifs is 1. The molecule has 0 fully saturated rings. The summed E-state index contributed by atoms with van der Waals surface area (Å²) < 4.78 is 7.43. The molecule has 0 amide bonds. The highest BCUT2D eigenvalue weighted by atomic mass is 35.5. The number of rotatable bonds is 6. The Hall–Kier alpha value is -4.30.